The molecule has 9 heteroatoms. The molecule has 1 fully saturated rings. The SMILES string of the molecule is Cc1ccc(C2=NN(C(=N)S[C@H]3CC(=O)N(c4ccc(F)cc4)C3=O)[C@@H](c3ccc(Cl)cc3)C2)cc1. The van der Waals surface area contributed by atoms with Crippen LogP contribution in [-0.4, -0.2) is 33.0 Å². The third-order valence-electron chi connectivity index (χ3n) is 6.20. The molecule has 36 heavy (non-hydrogen) atoms. The van der Waals surface area contributed by atoms with Crippen LogP contribution in [0.3, 0.4) is 0 Å². The van der Waals surface area contributed by atoms with Gasteiger partial charge >= 0.3 is 0 Å². The van der Waals surface area contributed by atoms with Crippen molar-refractivity contribution in [1.82, 2.24) is 5.01 Å². The standard InChI is InChI=1S/C27H22ClFN4O2S/c1-16-2-4-17(5-3-16)22-14-23(18-6-8-19(28)9-7-18)33(31-22)27(30)36-24-15-25(34)32(26(24)35)21-12-10-20(29)11-13-21/h2-13,23-24,30H,14-15H2,1H3/t23-,24+/m1/s1. The topological polar surface area (TPSA) is 76.8 Å². The van der Waals surface area contributed by atoms with Crippen LogP contribution in [0.15, 0.2) is 77.9 Å². The number of hydrazone groups is 1. The monoisotopic (exact) mass is 520 g/mol. The molecular weight excluding hydrogens is 499 g/mol. The Balaban J connectivity index is 1.39. The molecule has 2 aliphatic rings. The Kier molecular flexibility index (Phi) is 6.64. The van der Waals surface area contributed by atoms with E-state index >= 15 is 0 Å². The van der Waals surface area contributed by atoms with E-state index in [1.807, 2.05) is 43.3 Å². The summed E-state index contributed by atoms with van der Waals surface area (Å²) < 4.78 is 13.3. The second-order valence-electron chi connectivity index (χ2n) is 8.69. The van der Waals surface area contributed by atoms with Crippen LogP contribution in [-0.2, 0) is 9.59 Å². The number of carbonyl (C=O) groups is 2. The van der Waals surface area contributed by atoms with Gasteiger partial charge in [0, 0.05) is 17.9 Å². The van der Waals surface area contributed by atoms with Crippen molar-refractivity contribution < 1.29 is 14.0 Å². The fourth-order valence-electron chi connectivity index (χ4n) is 4.31. The van der Waals surface area contributed by atoms with Crippen molar-refractivity contribution in [3.63, 3.8) is 0 Å². The predicted molar refractivity (Wildman–Crippen MR) is 141 cm³/mol. The van der Waals surface area contributed by atoms with Crippen molar-refractivity contribution in [3.05, 3.63) is 100 Å². The number of anilines is 1. The summed E-state index contributed by atoms with van der Waals surface area (Å²) in [5.41, 5.74) is 4.21. The molecular formula is C27H22ClFN4O2S. The lowest BCUT2D eigenvalue weighted by molar-refractivity contribution is -0.121. The third-order valence-corrected chi connectivity index (χ3v) is 7.52. The highest BCUT2D eigenvalue weighted by Gasteiger charge is 2.42. The Labute approximate surface area is 217 Å². The molecule has 182 valence electrons. The van der Waals surface area contributed by atoms with Crippen molar-refractivity contribution in [3.8, 4) is 0 Å². The molecule has 0 aromatic heterocycles. The van der Waals surface area contributed by atoms with Gasteiger partial charge in [-0.25, -0.2) is 14.3 Å². The Morgan fingerprint density at radius 2 is 1.67 bits per heavy atom. The molecule has 0 spiro atoms. The van der Waals surface area contributed by atoms with Crippen LogP contribution in [0.2, 0.25) is 5.02 Å². The van der Waals surface area contributed by atoms with Crippen molar-refractivity contribution in [2.24, 2.45) is 5.10 Å². The first-order valence-electron chi connectivity index (χ1n) is 11.4. The second kappa shape index (κ2) is 9.87. The summed E-state index contributed by atoms with van der Waals surface area (Å²) in [5.74, 6) is -1.25. The molecule has 2 atom stereocenters. The van der Waals surface area contributed by atoms with Crippen molar-refractivity contribution in [2.45, 2.75) is 31.1 Å². The van der Waals surface area contributed by atoms with E-state index in [-0.39, 0.29) is 23.5 Å². The maximum absolute atomic E-state index is 13.3. The number of imide groups is 1. The van der Waals surface area contributed by atoms with E-state index in [1.54, 1.807) is 17.1 Å². The van der Waals surface area contributed by atoms with Crippen LogP contribution in [0.4, 0.5) is 10.1 Å². The first-order chi connectivity index (χ1) is 17.3. The minimum absolute atomic E-state index is 0.0444. The number of thioether (sulfide) groups is 1. The quantitative estimate of drug-likeness (QED) is 0.262. The molecule has 6 nitrogen and oxygen atoms in total. The number of aryl methyl sites for hydroxylation is 1. The summed E-state index contributed by atoms with van der Waals surface area (Å²) in [4.78, 5) is 26.8. The van der Waals surface area contributed by atoms with Crippen molar-refractivity contribution in [1.29, 1.82) is 5.41 Å². The normalized spacial score (nSPS) is 19.7. The predicted octanol–water partition coefficient (Wildman–Crippen LogP) is 5.94. The van der Waals surface area contributed by atoms with Gasteiger partial charge in [0.05, 0.1) is 17.4 Å². The summed E-state index contributed by atoms with van der Waals surface area (Å²) in [7, 11) is 0. The van der Waals surface area contributed by atoms with Crippen LogP contribution in [0, 0.1) is 18.2 Å². The molecule has 2 heterocycles. The maximum atomic E-state index is 13.3. The van der Waals surface area contributed by atoms with Gasteiger partial charge in [-0.05, 0) is 54.4 Å². The van der Waals surface area contributed by atoms with Crippen LogP contribution in [0.25, 0.3) is 0 Å². The highest BCUT2D eigenvalue weighted by molar-refractivity contribution is 8.14. The summed E-state index contributed by atoms with van der Waals surface area (Å²) in [6.07, 6.45) is 0.532. The fraction of sp³-hybridized carbons (Fsp3) is 0.185. The van der Waals surface area contributed by atoms with E-state index in [9.17, 15) is 14.0 Å². The van der Waals surface area contributed by atoms with E-state index < -0.39 is 17.0 Å². The number of amidine groups is 1. The Morgan fingerprint density at radius 3 is 2.33 bits per heavy atom. The molecule has 3 aromatic carbocycles. The molecule has 0 aliphatic carbocycles. The molecule has 0 unspecified atom stereocenters. The maximum Gasteiger partial charge on any atom is 0.247 e. The summed E-state index contributed by atoms with van der Waals surface area (Å²) in [6, 6.07) is 20.4. The van der Waals surface area contributed by atoms with Gasteiger partial charge in [-0.1, -0.05) is 65.3 Å². The van der Waals surface area contributed by atoms with E-state index in [2.05, 4.69) is 0 Å². The molecule has 1 N–H and O–H groups in total. The van der Waals surface area contributed by atoms with Crippen LogP contribution < -0.4 is 4.90 Å². The molecule has 1 saturated heterocycles. The van der Waals surface area contributed by atoms with Gasteiger partial charge in [-0.15, -0.1) is 0 Å². The van der Waals surface area contributed by atoms with Crippen LogP contribution >= 0.6 is 23.4 Å². The zero-order valence-electron chi connectivity index (χ0n) is 19.3. The van der Waals surface area contributed by atoms with Gasteiger partial charge in [0.2, 0.25) is 11.8 Å². The zero-order chi connectivity index (χ0) is 25.4. The van der Waals surface area contributed by atoms with Crippen molar-refractivity contribution in [2.75, 3.05) is 4.90 Å². The van der Waals surface area contributed by atoms with Crippen molar-refractivity contribution >= 4 is 51.7 Å². The minimum atomic E-state index is -0.764. The van der Waals surface area contributed by atoms with Gasteiger partial charge in [-0.3, -0.25) is 15.0 Å². The molecule has 2 amide bonds. The number of hydrogen-bond acceptors (Lipinski definition) is 5. The average molecular weight is 521 g/mol. The molecule has 3 aromatic rings. The van der Waals surface area contributed by atoms with Crippen LogP contribution in [0.5, 0.6) is 0 Å². The van der Waals surface area contributed by atoms with E-state index in [0.29, 0.717) is 17.1 Å². The summed E-state index contributed by atoms with van der Waals surface area (Å²) >= 11 is 7.10. The molecule has 2 aliphatic heterocycles. The number of carbonyl (C=O) groups excluding carboxylic acids is 2. The lowest BCUT2D eigenvalue weighted by Gasteiger charge is -2.24. The number of halogens is 2. The zero-order valence-corrected chi connectivity index (χ0v) is 20.9. The lowest BCUT2D eigenvalue weighted by atomic mass is 9.98. The second-order valence-corrected chi connectivity index (χ2v) is 10.3. The smallest absolute Gasteiger partial charge is 0.247 e. The summed E-state index contributed by atoms with van der Waals surface area (Å²) in [6.45, 7) is 2.02. The molecule has 5 rings (SSSR count). The van der Waals surface area contributed by atoms with Gasteiger partial charge in [0.1, 0.15) is 11.1 Å². The Bertz CT molecular complexity index is 1360. The van der Waals surface area contributed by atoms with Crippen LogP contribution in [0.1, 0.15) is 35.6 Å². The highest BCUT2D eigenvalue weighted by Crippen LogP contribution is 2.38. The molecule has 0 saturated carbocycles. The van der Waals surface area contributed by atoms with E-state index in [0.717, 1.165) is 39.1 Å². The molecule has 0 bridgehead atoms. The van der Waals surface area contributed by atoms with Gasteiger partial charge in [0.15, 0.2) is 5.17 Å². The number of hydrogen-bond donors (Lipinski definition) is 1. The lowest BCUT2D eigenvalue weighted by Crippen LogP contribution is -2.32. The third kappa shape index (κ3) is 4.79. The number of amides is 2. The van der Waals surface area contributed by atoms with E-state index in [4.69, 9.17) is 22.1 Å². The Hall–Kier alpha value is -3.49. The average Bonchev–Trinajstić information content (AvgIpc) is 3.42. The number of nitrogens with zero attached hydrogens (tertiary/aromatic N) is 3. The number of rotatable bonds is 4. The number of benzene rings is 3. The van der Waals surface area contributed by atoms with E-state index in [1.165, 1.54) is 24.3 Å². The van der Waals surface area contributed by atoms with Gasteiger partial charge in [-0.2, -0.15) is 5.10 Å². The first kappa shape index (κ1) is 24.2. The largest absolute Gasteiger partial charge is 0.277 e. The highest BCUT2D eigenvalue weighted by atomic mass is 35.5. The number of nitrogens with one attached hydrogen (secondary N) is 1. The minimum Gasteiger partial charge on any atom is -0.277 e. The molecule has 0 radical (unpaired) electrons. The Morgan fingerprint density at radius 1 is 1.00 bits per heavy atom. The summed E-state index contributed by atoms with van der Waals surface area (Å²) in [5, 5.41) is 15.1. The van der Waals surface area contributed by atoms with Gasteiger partial charge in [0.25, 0.3) is 0 Å². The first-order valence-corrected chi connectivity index (χ1v) is 12.6. The fourth-order valence-corrected chi connectivity index (χ4v) is 5.41. The van der Waals surface area contributed by atoms with Gasteiger partial charge < -0.3 is 0 Å².